The summed E-state index contributed by atoms with van der Waals surface area (Å²) in [6, 6.07) is 14.6. The zero-order chi connectivity index (χ0) is 22.8. The molecular formula is C26H33ClN2O3S. The van der Waals surface area contributed by atoms with E-state index in [0.29, 0.717) is 25.0 Å². The number of benzene rings is 2. The first-order chi connectivity index (χ1) is 16.0. The van der Waals surface area contributed by atoms with E-state index in [1.165, 1.54) is 36.2 Å². The van der Waals surface area contributed by atoms with Gasteiger partial charge in [-0.3, -0.25) is 0 Å². The molecule has 178 valence electrons. The lowest BCUT2D eigenvalue weighted by Gasteiger charge is -2.35. The van der Waals surface area contributed by atoms with E-state index in [1.807, 2.05) is 18.2 Å². The van der Waals surface area contributed by atoms with E-state index >= 15 is 0 Å². The molecule has 5 nitrogen and oxygen atoms in total. The monoisotopic (exact) mass is 488 g/mol. The highest BCUT2D eigenvalue weighted by atomic mass is 35.5. The van der Waals surface area contributed by atoms with Crippen molar-refractivity contribution >= 4 is 21.6 Å². The average molecular weight is 489 g/mol. The van der Waals surface area contributed by atoms with Gasteiger partial charge in [-0.2, -0.15) is 0 Å². The Bertz CT molecular complexity index is 1080. The Kier molecular flexibility index (Phi) is 6.98. The molecule has 0 aromatic heterocycles. The summed E-state index contributed by atoms with van der Waals surface area (Å²) in [4.78, 5) is 2.56. The third kappa shape index (κ3) is 5.40. The maximum absolute atomic E-state index is 12.2. The lowest BCUT2D eigenvalue weighted by atomic mass is 9.86. The molecule has 1 saturated heterocycles. The second-order valence-corrected chi connectivity index (χ2v) is 12.2. The molecule has 2 fully saturated rings. The number of fused-ring (bicyclic) bond motifs is 1. The van der Waals surface area contributed by atoms with Crippen molar-refractivity contribution in [2.24, 2.45) is 5.92 Å². The van der Waals surface area contributed by atoms with Crippen LogP contribution in [0.1, 0.15) is 48.3 Å². The smallest absolute Gasteiger partial charge is 0.214 e. The number of nitrogens with one attached hydrogen (secondary N) is 1. The Morgan fingerprint density at radius 2 is 1.94 bits per heavy atom. The molecule has 0 spiro atoms. The first-order valence-electron chi connectivity index (χ1n) is 12.2. The van der Waals surface area contributed by atoms with Gasteiger partial charge in [0.2, 0.25) is 10.0 Å². The van der Waals surface area contributed by atoms with Crippen LogP contribution in [0.25, 0.3) is 0 Å². The lowest BCUT2D eigenvalue weighted by molar-refractivity contribution is 0.145. The average Bonchev–Trinajstić information content (AvgIpc) is 3.03. The second-order valence-electron chi connectivity index (χ2n) is 9.76. The van der Waals surface area contributed by atoms with Gasteiger partial charge in [0.15, 0.2) is 0 Å². The number of hydrogen-bond acceptors (Lipinski definition) is 4. The molecule has 2 aromatic rings. The number of rotatable bonds is 10. The van der Waals surface area contributed by atoms with Crippen molar-refractivity contribution in [3.05, 3.63) is 64.2 Å². The quantitative estimate of drug-likeness (QED) is 0.504. The van der Waals surface area contributed by atoms with E-state index in [2.05, 4.69) is 33.9 Å². The van der Waals surface area contributed by atoms with Gasteiger partial charge in [0.1, 0.15) is 12.4 Å². The van der Waals surface area contributed by atoms with E-state index in [4.69, 9.17) is 16.3 Å². The number of nitrogens with zero attached hydrogens (tertiary/aromatic N) is 1. The van der Waals surface area contributed by atoms with Crippen LogP contribution < -0.4 is 9.46 Å². The summed E-state index contributed by atoms with van der Waals surface area (Å²) in [5, 5.41) is 0.569. The summed E-state index contributed by atoms with van der Waals surface area (Å²) in [6.45, 7) is 4.20. The van der Waals surface area contributed by atoms with E-state index in [-0.39, 0.29) is 5.25 Å². The molecule has 2 unspecified atom stereocenters. The van der Waals surface area contributed by atoms with Crippen LogP contribution in [0, 0.1) is 5.92 Å². The molecule has 1 saturated carbocycles. The molecule has 2 aliphatic carbocycles. The summed E-state index contributed by atoms with van der Waals surface area (Å²) in [6.07, 6.45) is 5.92. The van der Waals surface area contributed by atoms with Gasteiger partial charge in [-0.1, -0.05) is 36.2 Å². The highest BCUT2D eigenvalue weighted by Crippen LogP contribution is 2.42. The number of ether oxygens (including phenoxy) is 1. The summed E-state index contributed by atoms with van der Waals surface area (Å²) >= 11 is 6.27. The highest BCUT2D eigenvalue weighted by Gasteiger charge is 2.35. The molecular weight excluding hydrogens is 456 g/mol. The molecule has 0 bridgehead atoms. The summed E-state index contributed by atoms with van der Waals surface area (Å²) < 4.78 is 33.1. The maximum Gasteiger partial charge on any atom is 0.214 e. The molecule has 0 radical (unpaired) electrons. The van der Waals surface area contributed by atoms with Crippen LogP contribution in [0.2, 0.25) is 5.02 Å². The van der Waals surface area contributed by atoms with Crippen molar-refractivity contribution in [3.8, 4) is 5.75 Å². The fraction of sp³-hybridized carbons (Fsp3) is 0.538. The standard InChI is InChI=1S/C26H33ClN2O3S/c27-22-5-1-4-19(14-22)15-25-21(18-29-11-3-12-29)16-20-8-9-23(17-26(20)25)32-13-10-28-33(30,31)24-6-2-7-24/h1,4-5,8-9,14,17,21,24-25,28H,2-3,6-7,10-13,15-16,18H2. The lowest BCUT2D eigenvalue weighted by Crippen LogP contribution is -2.41. The largest absolute Gasteiger partial charge is 0.492 e. The number of likely N-dealkylation sites (tertiary alicyclic amines) is 1. The Hall–Kier alpha value is -1.60. The van der Waals surface area contributed by atoms with Crippen molar-refractivity contribution < 1.29 is 13.2 Å². The Labute approximate surface area is 202 Å². The van der Waals surface area contributed by atoms with E-state index < -0.39 is 10.0 Å². The Morgan fingerprint density at radius 1 is 1.09 bits per heavy atom. The normalized spacial score (nSPS) is 23.1. The van der Waals surface area contributed by atoms with E-state index in [1.54, 1.807) is 0 Å². The van der Waals surface area contributed by atoms with Gasteiger partial charge in [-0.15, -0.1) is 0 Å². The topological polar surface area (TPSA) is 58.6 Å². The maximum atomic E-state index is 12.2. The zero-order valence-electron chi connectivity index (χ0n) is 19.0. The third-order valence-electron chi connectivity index (χ3n) is 7.52. The van der Waals surface area contributed by atoms with Crippen LogP contribution >= 0.6 is 11.6 Å². The van der Waals surface area contributed by atoms with Crippen molar-refractivity contribution in [2.45, 2.75) is 49.7 Å². The Balaban J connectivity index is 1.26. The van der Waals surface area contributed by atoms with Crippen molar-refractivity contribution in [2.75, 3.05) is 32.8 Å². The molecule has 5 rings (SSSR count). The molecule has 7 heteroatoms. The minimum Gasteiger partial charge on any atom is -0.492 e. The molecule has 1 N–H and O–H groups in total. The van der Waals surface area contributed by atoms with Gasteiger partial charge in [0, 0.05) is 18.1 Å². The van der Waals surface area contributed by atoms with Gasteiger partial charge >= 0.3 is 0 Å². The van der Waals surface area contributed by atoms with Gasteiger partial charge in [-0.25, -0.2) is 13.1 Å². The third-order valence-corrected chi connectivity index (χ3v) is 9.71. The number of halogens is 1. The molecule has 2 aromatic carbocycles. The van der Waals surface area contributed by atoms with E-state index in [0.717, 1.165) is 49.4 Å². The van der Waals surface area contributed by atoms with Gasteiger partial charge in [0.25, 0.3) is 0 Å². The van der Waals surface area contributed by atoms with Gasteiger partial charge < -0.3 is 9.64 Å². The molecule has 1 aliphatic heterocycles. The fourth-order valence-corrected chi connectivity index (χ4v) is 7.08. The number of hydrogen-bond donors (Lipinski definition) is 1. The van der Waals surface area contributed by atoms with Gasteiger partial charge in [0.05, 0.1) is 5.25 Å². The first-order valence-corrected chi connectivity index (χ1v) is 14.1. The second kappa shape index (κ2) is 9.95. The predicted octanol–water partition coefficient (Wildman–Crippen LogP) is 4.40. The Morgan fingerprint density at radius 3 is 2.64 bits per heavy atom. The van der Waals surface area contributed by atoms with Crippen LogP contribution in [0.4, 0.5) is 0 Å². The molecule has 2 atom stereocenters. The summed E-state index contributed by atoms with van der Waals surface area (Å²) in [5.74, 6) is 1.83. The van der Waals surface area contributed by atoms with Crippen LogP contribution in [0.15, 0.2) is 42.5 Å². The van der Waals surface area contributed by atoms with Crippen LogP contribution in [0.5, 0.6) is 5.75 Å². The van der Waals surface area contributed by atoms with Crippen LogP contribution in [-0.4, -0.2) is 51.4 Å². The predicted molar refractivity (Wildman–Crippen MR) is 133 cm³/mol. The fourth-order valence-electron chi connectivity index (χ4n) is 5.31. The minimum absolute atomic E-state index is 0.215. The van der Waals surface area contributed by atoms with E-state index in [9.17, 15) is 8.42 Å². The molecule has 1 heterocycles. The zero-order valence-corrected chi connectivity index (χ0v) is 20.6. The van der Waals surface area contributed by atoms with Crippen molar-refractivity contribution in [1.29, 1.82) is 0 Å². The van der Waals surface area contributed by atoms with Gasteiger partial charge in [-0.05, 0) is 98.0 Å². The molecule has 0 amide bonds. The van der Waals surface area contributed by atoms with Crippen LogP contribution in [-0.2, 0) is 22.9 Å². The molecule has 33 heavy (non-hydrogen) atoms. The summed E-state index contributed by atoms with van der Waals surface area (Å²) in [5.41, 5.74) is 4.05. The SMILES string of the molecule is O=S(=O)(NCCOc1ccc2c(c1)C(Cc1cccc(Cl)c1)C(CN1CCC1)C2)C1CCC1. The summed E-state index contributed by atoms with van der Waals surface area (Å²) in [7, 11) is -3.20. The van der Waals surface area contributed by atoms with Crippen molar-refractivity contribution in [1.82, 2.24) is 9.62 Å². The van der Waals surface area contributed by atoms with Crippen molar-refractivity contribution in [3.63, 3.8) is 0 Å². The molecule has 3 aliphatic rings. The minimum atomic E-state index is -3.20. The van der Waals surface area contributed by atoms with Crippen LogP contribution in [0.3, 0.4) is 0 Å². The highest BCUT2D eigenvalue weighted by molar-refractivity contribution is 7.90. The number of sulfonamides is 1. The first kappa shape index (κ1) is 23.2.